The molecule has 2 rings (SSSR count). The van der Waals surface area contributed by atoms with Crippen LogP contribution in [0.15, 0.2) is 24.4 Å². The minimum Gasteiger partial charge on any atom is -0.278 e. The van der Waals surface area contributed by atoms with Crippen molar-refractivity contribution in [2.75, 3.05) is 0 Å². The van der Waals surface area contributed by atoms with E-state index in [9.17, 15) is 4.79 Å². The molecule has 0 unspecified atom stereocenters. The van der Waals surface area contributed by atoms with Crippen molar-refractivity contribution in [1.82, 2.24) is 15.9 Å². The van der Waals surface area contributed by atoms with Gasteiger partial charge in [0.25, 0.3) is 5.91 Å². The van der Waals surface area contributed by atoms with Crippen molar-refractivity contribution >= 4 is 16.8 Å². The van der Waals surface area contributed by atoms with Crippen LogP contribution in [-0.4, -0.2) is 16.1 Å². The smallest absolute Gasteiger partial charge is 0.270 e. The third-order valence-electron chi connectivity index (χ3n) is 1.73. The zero-order valence-corrected chi connectivity index (χ0v) is 6.16. The number of nitrogens with one attached hydrogen (secondary N) is 2. The molecule has 0 saturated heterocycles. The molecule has 2 N–H and O–H groups in total. The Morgan fingerprint density at radius 3 is 3.08 bits per heavy atom. The molecule has 1 radical (unpaired) electrons. The lowest BCUT2D eigenvalue weighted by molar-refractivity contribution is 0.0993. The first-order valence-corrected chi connectivity index (χ1v) is 3.47. The second kappa shape index (κ2) is 2.34. The van der Waals surface area contributed by atoms with Gasteiger partial charge >= 0.3 is 0 Å². The fourth-order valence-electron chi connectivity index (χ4n) is 1.17. The van der Waals surface area contributed by atoms with Crippen molar-refractivity contribution in [3.8, 4) is 0 Å². The zero-order chi connectivity index (χ0) is 8.55. The highest BCUT2D eigenvalue weighted by molar-refractivity contribution is 6.04. The van der Waals surface area contributed by atoms with Gasteiger partial charge in [0.2, 0.25) is 0 Å². The minimum absolute atomic E-state index is 0.390. The Hall–Kier alpha value is -1.84. The Morgan fingerprint density at radius 1 is 1.50 bits per heavy atom. The van der Waals surface area contributed by atoms with Crippen LogP contribution in [0.2, 0.25) is 0 Å². The molecule has 0 aliphatic heterocycles. The molecule has 0 saturated carbocycles. The number of aromatic nitrogens is 2. The average molecular weight is 160 g/mol. The lowest BCUT2D eigenvalue weighted by atomic mass is 10.1. The van der Waals surface area contributed by atoms with Crippen LogP contribution in [0.5, 0.6) is 0 Å². The fourth-order valence-corrected chi connectivity index (χ4v) is 1.17. The number of rotatable bonds is 1. The lowest BCUT2D eigenvalue weighted by Gasteiger charge is -1.94. The Balaban J connectivity index is 2.82. The van der Waals surface area contributed by atoms with E-state index < -0.39 is 5.91 Å². The molecule has 0 atom stereocenters. The van der Waals surface area contributed by atoms with E-state index in [1.807, 2.05) is 6.07 Å². The van der Waals surface area contributed by atoms with Crippen LogP contribution in [0.4, 0.5) is 0 Å². The Morgan fingerprint density at radius 2 is 2.33 bits per heavy atom. The van der Waals surface area contributed by atoms with Crippen LogP contribution in [0.1, 0.15) is 10.4 Å². The Bertz CT molecular complexity index is 433. The van der Waals surface area contributed by atoms with Gasteiger partial charge in [0.15, 0.2) is 0 Å². The largest absolute Gasteiger partial charge is 0.278 e. The molecule has 12 heavy (non-hydrogen) atoms. The van der Waals surface area contributed by atoms with Crippen LogP contribution < -0.4 is 5.73 Å². The predicted octanol–water partition coefficient (Wildman–Crippen LogP) is 0.986. The van der Waals surface area contributed by atoms with Crippen molar-refractivity contribution in [3.63, 3.8) is 0 Å². The van der Waals surface area contributed by atoms with E-state index >= 15 is 0 Å². The molecular weight excluding hydrogens is 154 g/mol. The van der Waals surface area contributed by atoms with Crippen LogP contribution >= 0.6 is 0 Å². The molecule has 1 heterocycles. The monoisotopic (exact) mass is 160 g/mol. The third-order valence-corrected chi connectivity index (χ3v) is 1.73. The van der Waals surface area contributed by atoms with E-state index in [1.165, 1.54) is 0 Å². The minimum atomic E-state index is -0.679. The summed E-state index contributed by atoms with van der Waals surface area (Å²) in [6.45, 7) is 0. The molecule has 4 nitrogen and oxygen atoms in total. The van der Waals surface area contributed by atoms with Gasteiger partial charge in [0.05, 0.1) is 17.3 Å². The van der Waals surface area contributed by atoms with E-state index in [4.69, 9.17) is 5.73 Å². The van der Waals surface area contributed by atoms with Crippen LogP contribution in [0.3, 0.4) is 0 Å². The molecule has 0 fully saturated rings. The van der Waals surface area contributed by atoms with Crippen molar-refractivity contribution in [3.05, 3.63) is 30.0 Å². The molecule has 1 aromatic heterocycles. The van der Waals surface area contributed by atoms with Crippen LogP contribution in [-0.2, 0) is 0 Å². The first-order valence-electron chi connectivity index (χ1n) is 3.47. The van der Waals surface area contributed by atoms with Gasteiger partial charge in [-0.3, -0.25) is 15.6 Å². The van der Waals surface area contributed by atoms with Crippen molar-refractivity contribution in [2.45, 2.75) is 0 Å². The van der Waals surface area contributed by atoms with Crippen molar-refractivity contribution < 1.29 is 4.79 Å². The van der Waals surface area contributed by atoms with E-state index in [2.05, 4.69) is 10.2 Å². The molecular formula is C8H6N3O. The molecule has 0 aliphatic rings. The summed E-state index contributed by atoms with van der Waals surface area (Å²) in [5.74, 6) is -0.679. The molecule has 2 aromatic rings. The molecule has 1 amide bonds. The number of fused-ring (bicyclic) bond motifs is 1. The molecule has 0 spiro atoms. The van der Waals surface area contributed by atoms with Gasteiger partial charge in [-0.25, -0.2) is 0 Å². The van der Waals surface area contributed by atoms with Gasteiger partial charge in [-0.05, 0) is 12.1 Å². The molecule has 1 aromatic carbocycles. The summed E-state index contributed by atoms with van der Waals surface area (Å²) >= 11 is 0. The molecule has 0 aliphatic carbocycles. The summed E-state index contributed by atoms with van der Waals surface area (Å²) in [5.41, 5.74) is 8.13. The number of carbonyl (C=O) groups is 1. The molecule has 4 heteroatoms. The number of benzene rings is 1. The van der Waals surface area contributed by atoms with E-state index in [0.717, 1.165) is 5.52 Å². The number of amides is 1. The van der Waals surface area contributed by atoms with Crippen LogP contribution in [0, 0.1) is 0 Å². The maximum atomic E-state index is 10.8. The summed E-state index contributed by atoms with van der Waals surface area (Å²) in [6, 6.07) is 5.16. The van der Waals surface area contributed by atoms with Gasteiger partial charge in [-0.1, -0.05) is 6.07 Å². The maximum absolute atomic E-state index is 10.8. The Labute approximate surface area is 68.4 Å². The number of H-pyrrole nitrogens is 1. The van der Waals surface area contributed by atoms with E-state index in [1.54, 1.807) is 18.3 Å². The topological polar surface area (TPSA) is 69.6 Å². The summed E-state index contributed by atoms with van der Waals surface area (Å²) < 4.78 is 0. The number of hydrogen-bond acceptors (Lipinski definition) is 2. The third kappa shape index (κ3) is 0.852. The van der Waals surface area contributed by atoms with Gasteiger partial charge in [0.1, 0.15) is 0 Å². The second-order valence-corrected chi connectivity index (χ2v) is 2.47. The summed E-state index contributed by atoms with van der Waals surface area (Å²) in [5, 5.41) is 7.22. The van der Waals surface area contributed by atoms with Gasteiger partial charge in [0, 0.05) is 5.39 Å². The number of carbonyl (C=O) groups excluding carboxylic acids is 1. The molecule has 59 valence electrons. The van der Waals surface area contributed by atoms with Crippen molar-refractivity contribution in [1.29, 1.82) is 0 Å². The second-order valence-electron chi connectivity index (χ2n) is 2.47. The summed E-state index contributed by atoms with van der Waals surface area (Å²) in [4.78, 5) is 10.8. The summed E-state index contributed by atoms with van der Waals surface area (Å²) in [7, 11) is 0. The lowest BCUT2D eigenvalue weighted by Crippen LogP contribution is -1.98. The normalized spacial score (nSPS) is 10.3. The highest BCUT2D eigenvalue weighted by Gasteiger charge is 2.06. The first-order chi connectivity index (χ1) is 5.79. The van der Waals surface area contributed by atoms with Crippen molar-refractivity contribution in [2.24, 2.45) is 0 Å². The Kier molecular flexibility index (Phi) is 1.33. The predicted molar refractivity (Wildman–Crippen MR) is 43.5 cm³/mol. The highest BCUT2D eigenvalue weighted by Crippen LogP contribution is 2.15. The number of aromatic amines is 1. The fraction of sp³-hybridized carbons (Fsp3) is 0. The standard InChI is InChI=1S/C8H6N3O/c9-8(12)5-2-1-3-7-6(5)4-10-11-7/h1-4,9H,(H,10,11). The first kappa shape index (κ1) is 6.84. The van der Waals surface area contributed by atoms with Gasteiger partial charge in [-0.15, -0.1) is 0 Å². The average Bonchev–Trinajstić information content (AvgIpc) is 2.49. The zero-order valence-electron chi connectivity index (χ0n) is 6.16. The van der Waals surface area contributed by atoms with E-state index in [0.29, 0.717) is 10.9 Å². The number of nitrogens with zero attached hydrogens (tertiary/aromatic N) is 1. The SMILES string of the molecule is [NH]C(=O)c1cccc2[nH]ncc12. The van der Waals surface area contributed by atoms with E-state index in [-0.39, 0.29) is 0 Å². The maximum Gasteiger partial charge on any atom is 0.270 e. The quantitative estimate of drug-likeness (QED) is 0.675. The van der Waals surface area contributed by atoms with Crippen LogP contribution in [0.25, 0.3) is 10.9 Å². The molecule has 0 bridgehead atoms. The summed E-state index contributed by atoms with van der Waals surface area (Å²) in [6.07, 6.45) is 1.55. The van der Waals surface area contributed by atoms with Gasteiger partial charge in [-0.2, -0.15) is 5.10 Å². The highest BCUT2D eigenvalue weighted by atomic mass is 16.1. The van der Waals surface area contributed by atoms with Gasteiger partial charge < -0.3 is 0 Å². The number of hydrogen-bond donors (Lipinski definition) is 1.